The Labute approximate surface area is 147 Å². The molecular weight excluding hydrogens is 339 g/mol. The summed E-state index contributed by atoms with van der Waals surface area (Å²) in [7, 11) is 1.59. The van der Waals surface area contributed by atoms with Gasteiger partial charge in [0.25, 0.3) is 0 Å². The molecule has 4 aromatic rings. The Bertz CT molecular complexity index is 1070. The molecule has 0 fully saturated rings. The third kappa shape index (κ3) is 2.51. The molecular formula is C19H13FN2O2S. The number of fused-ring (bicyclic) bond motifs is 1. The lowest BCUT2D eigenvalue weighted by atomic mass is 10.1. The molecule has 4 rings (SSSR count). The largest absolute Gasteiger partial charge is 0.496 e. The minimum absolute atomic E-state index is 0.300. The predicted octanol–water partition coefficient (Wildman–Crippen LogP) is 4.69. The van der Waals surface area contributed by atoms with Gasteiger partial charge < -0.3 is 4.74 Å². The van der Waals surface area contributed by atoms with Gasteiger partial charge in [-0.15, -0.1) is 11.3 Å². The number of hydrogen-bond acceptors (Lipinski definition) is 4. The van der Waals surface area contributed by atoms with Crippen LogP contribution in [0.5, 0.6) is 5.75 Å². The van der Waals surface area contributed by atoms with Crippen molar-refractivity contribution in [1.29, 1.82) is 0 Å². The Morgan fingerprint density at radius 2 is 1.92 bits per heavy atom. The van der Waals surface area contributed by atoms with Gasteiger partial charge in [0.15, 0.2) is 11.2 Å². The van der Waals surface area contributed by atoms with E-state index in [2.05, 4.69) is 4.98 Å². The van der Waals surface area contributed by atoms with E-state index >= 15 is 0 Å². The number of halogens is 1. The standard InChI is InChI=1S/C19H13FN2O2S/c1-24-17-5-3-2-4-14(17)18-15(10-23)22-16(11-25-19(22)21-18)12-6-8-13(20)9-7-12/h2-11H,1H3. The summed E-state index contributed by atoms with van der Waals surface area (Å²) in [4.78, 5) is 17.2. The Morgan fingerprint density at radius 3 is 2.64 bits per heavy atom. The number of carbonyl (C=O) groups excluding carboxylic acids is 1. The molecule has 0 aliphatic heterocycles. The van der Waals surface area contributed by atoms with E-state index in [9.17, 15) is 9.18 Å². The number of aromatic nitrogens is 2. The van der Waals surface area contributed by atoms with Crippen molar-refractivity contribution in [1.82, 2.24) is 9.38 Å². The van der Waals surface area contributed by atoms with Crippen LogP contribution in [-0.2, 0) is 0 Å². The predicted molar refractivity (Wildman–Crippen MR) is 95.8 cm³/mol. The molecule has 4 nitrogen and oxygen atoms in total. The van der Waals surface area contributed by atoms with Gasteiger partial charge in [-0.2, -0.15) is 0 Å². The van der Waals surface area contributed by atoms with Gasteiger partial charge in [-0.25, -0.2) is 9.37 Å². The highest BCUT2D eigenvalue weighted by atomic mass is 32.1. The number of ether oxygens (including phenoxy) is 1. The fourth-order valence-electron chi connectivity index (χ4n) is 2.85. The van der Waals surface area contributed by atoms with E-state index in [1.807, 2.05) is 29.6 Å². The van der Waals surface area contributed by atoms with Gasteiger partial charge in [0.05, 0.1) is 12.8 Å². The first-order valence-electron chi connectivity index (χ1n) is 7.57. The molecule has 0 saturated carbocycles. The number of rotatable bonds is 4. The molecule has 25 heavy (non-hydrogen) atoms. The average molecular weight is 352 g/mol. The Kier molecular flexibility index (Phi) is 3.82. The van der Waals surface area contributed by atoms with Gasteiger partial charge in [0, 0.05) is 10.9 Å². The van der Waals surface area contributed by atoms with Crippen molar-refractivity contribution in [3.8, 4) is 28.3 Å². The van der Waals surface area contributed by atoms with Gasteiger partial charge in [-0.1, -0.05) is 12.1 Å². The number of para-hydroxylation sites is 1. The monoisotopic (exact) mass is 352 g/mol. The van der Waals surface area contributed by atoms with Crippen LogP contribution in [0.15, 0.2) is 53.9 Å². The summed E-state index contributed by atoms with van der Waals surface area (Å²) in [6.07, 6.45) is 0.793. The van der Waals surface area contributed by atoms with Crippen molar-refractivity contribution in [2.45, 2.75) is 0 Å². The second-order valence-electron chi connectivity index (χ2n) is 5.41. The van der Waals surface area contributed by atoms with Crippen LogP contribution in [0.2, 0.25) is 0 Å². The number of hydrogen-bond donors (Lipinski definition) is 0. The lowest BCUT2D eigenvalue weighted by Gasteiger charge is -2.07. The van der Waals surface area contributed by atoms with Crippen molar-refractivity contribution in [3.63, 3.8) is 0 Å². The summed E-state index contributed by atoms with van der Waals surface area (Å²) in [5, 5.41) is 1.91. The molecule has 0 unspecified atom stereocenters. The number of nitrogens with zero attached hydrogens (tertiary/aromatic N) is 2. The van der Waals surface area contributed by atoms with E-state index in [1.54, 1.807) is 23.6 Å². The summed E-state index contributed by atoms with van der Waals surface area (Å²) in [6.45, 7) is 0. The van der Waals surface area contributed by atoms with E-state index in [1.165, 1.54) is 23.5 Å². The molecule has 0 bridgehead atoms. The molecule has 0 aliphatic carbocycles. The van der Waals surface area contributed by atoms with Crippen molar-refractivity contribution < 1.29 is 13.9 Å². The Balaban J connectivity index is 1.97. The quantitative estimate of drug-likeness (QED) is 0.501. The zero-order chi connectivity index (χ0) is 17.4. The number of carbonyl (C=O) groups is 1. The van der Waals surface area contributed by atoms with Crippen LogP contribution in [0.3, 0.4) is 0 Å². The highest BCUT2D eigenvalue weighted by Crippen LogP contribution is 2.35. The maximum Gasteiger partial charge on any atom is 0.195 e. The van der Waals surface area contributed by atoms with E-state index in [4.69, 9.17) is 4.74 Å². The highest BCUT2D eigenvalue weighted by molar-refractivity contribution is 7.15. The van der Waals surface area contributed by atoms with Crippen LogP contribution in [0.4, 0.5) is 4.39 Å². The number of methoxy groups -OCH3 is 1. The molecule has 0 aliphatic rings. The normalized spacial score (nSPS) is 11.0. The maximum atomic E-state index is 13.2. The van der Waals surface area contributed by atoms with E-state index < -0.39 is 0 Å². The SMILES string of the molecule is COc1ccccc1-c1nc2scc(-c3ccc(F)cc3)n2c1C=O. The lowest BCUT2D eigenvalue weighted by molar-refractivity contribution is 0.111. The number of aldehydes is 1. The minimum atomic E-state index is -0.300. The fourth-order valence-corrected chi connectivity index (χ4v) is 3.75. The van der Waals surface area contributed by atoms with Gasteiger partial charge in [0.2, 0.25) is 0 Å². The van der Waals surface area contributed by atoms with Crippen LogP contribution in [0, 0.1) is 5.82 Å². The zero-order valence-electron chi connectivity index (χ0n) is 13.3. The molecule has 0 radical (unpaired) electrons. The second kappa shape index (κ2) is 6.14. The average Bonchev–Trinajstić information content (AvgIpc) is 3.21. The summed E-state index contributed by atoms with van der Waals surface area (Å²) in [6, 6.07) is 13.6. The number of thiazole rings is 1. The Hall–Kier alpha value is -2.99. The first-order chi connectivity index (χ1) is 12.2. The molecule has 0 N–H and O–H groups in total. The van der Waals surface area contributed by atoms with Crippen LogP contribution >= 0.6 is 11.3 Å². The molecule has 0 saturated heterocycles. The molecule has 2 aromatic carbocycles. The Morgan fingerprint density at radius 1 is 1.16 bits per heavy atom. The topological polar surface area (TPSA) is 43.6 Å². The van der Waals surface area contributed by atoms with Crippen LogP contribution < -0.4 is 4.74 Å². The third-order valence-corrected chi connectivity index (χ3v) is 4.84. The highest BCUT2D eigenvalue weighted by Gasteiger charge is 2.20. The van der Waals surface area contributed by atoms with Crippen LogP contribution in [-0.4, -0.2) is 22.8 Å². The molecule has 0 atom stereocenters. The van der Waals surface area contributed by atoms with Crippen molar-refractivity contribution in [2.75, 3.05) is 7.11 Å². The smallest absolute Gasteiger partial charge is 0.195 e. The van der Waals surface area contributed by atoms with Crippen molar-refractivity contribution in [3.05, 3.63) is 65.4 Å². The lowest BCUT2D eigenvalue weighted by Crippen LogP contribution is -1.95. The summed E-state index contributed by atoms with van der Waals surface area (Å²) in [5.41, 5.74) is 3.39. The number of benzene rings is 2. The van der Waals surface area contributed by atoms with Gasteiger partial charge >= 0.3 is 0 Å². The van der Waals surface area contributed by atoms with Gasteiger partial charge in [-0.3, -0.25) is 9.20 Å². The third-order valence-electron chi connectivity index (χ3n) is 4.01. The maximum absolute atomic E-state index is 13.2. The van der Waals surface area contributed by atoms with E-state index in [0.29, 0.717) is 22.1 Å². The van der Waals surface area contributed by atoms with E-state index in [0.717, 1.165) is 23.1 Å². The summed E-state index contributed by atoms with van der Waals surface area (Å²) in [5.74, 6) is 0.353. The molecule has 2 aromatic heterocycles. The van der Waals surface area contributed by atoms with Gasteiger partial charge in [0.1, 0.15) is 23.0 Å². The fraction of sp³-hybridized carbons (Fsp3) is 0.0526. The zero-order valence-corrected chi connectivity index (χ0v) is 14.1. The molecule has 6 heteroatoms. The molecule has 0 spiro atoms. The summed E-state index contributed by atoms with van der Waals surface area (Å²) < 4.78 is 20.4. The van der Waals surface area contributed by atoms with Crippen molar-refractivity contribution in [2.24, 2.45) is 0 Å². The first kappa shape index (κ1) is 15.5. The van der Waals surface area contributed by atoms with Crippen LogP contribution in [0.25, 0.3) is 27.5 Å². The number of imidazole rings is 1. The summed E-state index contributed by atoms with van der Waals surface area (Å²) >= 11 is 1.43. The molecule has 2 heterocycles. The minimum Gasteiger partial charge on any atom is -0.496 e. The molecule has 0 amide bonds. The van der Waals surface area contributed by atoms with E-state index in [-0.39, 0.29) is 5.82 Å². The second-order valence-corrected chi connectivity index (χ2v) is 6.25. The van der Waals surface area contributed by atoms with Crippen LogP contribution in [0.1, 0.15) is 10.5 Å². The van der Waals surface area contributed by atoms with Gasteiger partial charge in [-0.05, 0) is 42.0 Å². The van der Waals surface area contributed by atoms with Crippen molar-refractivity contribution >= 4 is 22.6 Å². The molecule has 124 valence electrons. The first-order valence-corrected chi connectivity index (χ1v) is 8.45.